The van der Waals surface area contributed by atoms with Gasteiger partial charge in [0.05, 0.1) is 0 Å². The number of fused-ring (bicyclic) bond motifs is 5. The Bertz CT molecular complexity index is 2510. The molecule has 0 amide bonds. The van der Waals surface area contributed by atoms with E-state index in [1.807, 2.05) is 23.7 Å². The molecule has 0 aliphatic heterocycles. The Labute approximate surface area is 271 Å². The van der Waals surface area contributed by atoms with Crippen LogP contribution in [0.5, 0.6) is 0 Å². The Balaban J connectivity index is 1.17. The highest BCUT2D eigenvalue weighted by atomic mass is 32.1. The van der Waals surface area contributed by atoms with Gasteiger partial charge in [0.15, 0.2) is 0 Å². The van der Waals surface area contributed by atoms with Crippen LogP contribution in [0.2, 0.25) is 0 Å². The van der Waals surface area contributed by atoms with E-state index >= 15 is 0 Å². The molecule has 2 nitrogen and oxygen atoms in total. The maximum atomic E-state index is 4.38. The summed E-state index contributed by atoms with van der Waals surface area (Å²) in [6.07, 6.45) is 3.83. The van der Waals surface area contributed by atoms with E-state index in [2.05, 4.69) is 168 Å². The van der Waals surface area contributed by atoms with Crippen LogP contribution in [-0.2, 0) is 0 Å². The molecule has 2 heterocycles. The number of hydrogen-bond acceptors (Lipinski definition) is 3. The molecule has 0 bridgehead atoms. The third-order valence-electron chi connectivity index (χ3n) is 8.91. The van der Waals surface area contributed by atoms with Gasteiger partial charge in [-0.1, -0.05) is 91.0 Å². The highest BCUT2D eigenvalue weighted by molar-refractivity contribution is 7.25. The van der Waals surface area contributed by atoms with E-state index in [0.717, 1.165) is 22.4 Å². The molecule has 0 unspecified atom stereocenters. The molecule has 0 saturated carbocycles. The molecule has 0 N–H and O–H groups in total. The van der Waals surface area contributed by atoms with Gasteiger partial charge < -0.3 is 4.90 Å². The summed E-state index contributed by atoms with van der Waals surface area (Å²) in [6, 6.07) is 57.2. The normalized spacial score (nSPS) is 11.5. The van der Waals surface area contributed by atoms with E-state index in [-0.39, 0.29) is 0 Å². The summed E-state index contributed by atoms with van der Waals surface area (Å²) in [7, 11) is 0. The summed E-state index contributed by atoms with van der Waals surface area (Å²) < 4.78 is 2.58. The molecule has 9 rings (SSSR count). The van der Waals surface area contributed by atoms with Gasteiger partial charge in [0.25, 0.3) is 0 Å². The average molecular weight is 605 g/mol. The first kappa shape index (κ1) is 26.6. The highest BCUT2D eigenvalue weighted by Crippen LogP contribution is 2.42. The molecule has 0 spiro atoms. The number of hydrogen-bond donors (Lipinski definition) is 0. The fourth-order valence-electron chi connectivity index (χ4n) is 6.54. The van der Waals surface area contributed by atoms with Crippen molar-refractivity contribution in [1.29, 1.82) is 0 Å². The van der Waals surface area contributed by atoms with Crippen molar-refractivity contribution >= 4 is 70.1 Å². The van der Waals surface area contributed by atoms with Crippen molar-refractivity contribution in [1.82, 2.24) is 4.98 Å². The van der Waals surface area contributed by atoms with Crippen LogP contribution in [0.3, 0.4) is 0 Å². The minimum atomic E-state index is 1.12. The number of nitrogens with zero attached hydrogens (tertiary/aromatic N) is 2. The lowest BCUT2D eigenvalue weighted by Gasteiger charge is -2.26. The predicted molar refractivity (Wildman–Crippen MR) is 198 cm³/mol. The van der Waals surface area contributed by atoms with Gasteiger partial charge >= 0.3 is 0 Å². The van der Waals surface area contributed by atoms with E-state index in [0.29, 0.717) is 0 Å². The quantitative estimate of drug-likeness (QED) is 0.194. The zero-order valence-electron chi connectivity index (χ0n) is 25.0. The van der Waals surface area contributed by atoms with Crippen molar-refractivity contribution in [2.75, 3.05) is 4.90 Å². The predicted octanol–water partition coefficient (Wildman–Crippen LogP) is 12.6. The maximum absolute atomic E-state index is 4.38. The smallest absolute Gasteiger partial charge is 0.0468 e. The number of rotatable bonds is 5. The van der Waals surface area contributed by atoms with Crippen molar-refractivity contribution in [3.8, 4) is 22.3 Å². The Morgan fingerprint density at radius 3 is 1.78 bits per heavy atom. The number of pyridine rings is 1. The lowest BCUT2D eigenvalue weighted by atomic mass is 10.0. The van der Waals surface area contributed by atoms with E-state index in [1.165, 1.54) is 58.6 Å². The van der Waals surface area contributed by atoms with E-state index in [1.54, 1.807) is 0 Å². The monoisotopic (exact) mass is 604 g/mol. The van der Waals surface area contributed by atoms with E-state index < -0.39 is 0 Å². The first-order valence-corrected chi connectivity index (χ1v) is 16.3. The number of anilines is 3. The molecule has 2 aromatic heterocycles. The summed E-state index contributed by atoms with van der Waals surface area (Å²) in [4.78, 5) is 6.74. The van der Waals surface area contributed by atoms with Crippen LogP contribution in [0.4, 0.5) is 17.1 Å². The van der Waals surface area contributed by atoms with Crippen molar-refractivity contribution in [2.24, 2.45) is 0 Å². The largest absolute Gasteiger partial charge is 0.310 e. The van der Waals surface area contributed by atoms with Gasteiger partial charge in [-0.25, -0.2) is 0 Å². The van der Waals surface area contributed by atoms with Crippen molar-refractivity contribution in [3.05, 3.63) is 170 Å². The van der Waals surface area contributed by atoms with Gasteiger partial charge in [-0.2, -0.15) is 0 Å². The summed E-state index contributed by atoms with van der Waals surface area (Å²) in [5.41, 5.74) is 8.20. The zero-order chi connectivity index (χ0) is 30.5. The number of benzene rings is 7. The molecule has 46 heavy (non-hydrogen) atoms. The van der Waals surface area contributed by atoms with Crippen LogP contribution in [0, 0.1) is 0 Å². The lowest BCUT2D eigenvalue weighted by Crippen LogP contribution is -2.09. The molecule has 3 heteroatoms. The maximum Gasteiger partial charge on any atom is 0.0468 e. The number of thiophene rings is 1. The summed E-state index contributed by atoms with van der Waals surface area (Å²) in [5, 5.41) is 7.44. The zero-order valence-corrected chi connectivity index (χ0v) is 25.8. The van der Waals surface area contributed by atoms with Crippen LogP contribution in [0.15, 0.2) is 170 Å². The Morgan fingerprint density at radius 1 is 0.391 bits per heavy atom. The average Bonchev–Trinajstić information content (AvgIpc) is 3.48. The second-order valence-electron chi connectivity index (χ2n) is 11.7. The van der Waals surface area contributed by atoms with Crippen LogP contribution in [-0.4, -0.2) is 4.98 Å². The van der Waals surface area contributed by atoms with Crippen LogP contribution >= 0.6 is 11.3 Å². The van der Waals surface area contributed by atoms with Crippen LogP contribution < -0.4 is 4.90 Å². The molecule has 0 aliphatic rings. The molecule has 7 aromatic carbocycles. The molecule has 0 fully saturated rings. The summed E-state index contributed by atoms with van der Waals surface area (Å²) in [5.74, 6) is 0. The fourth-order valence-corrected chi connectivity index (χ4v) is 7.65. The van der Waals surface area contributed by atoms with Crippen molar-refractivity contribution in [3.63, 3.8) is 0 Å². The molecule has 0 atom stereocenters. The van der Waals surface area contributed by atoms with Crippen LogP contribution in [0.1, 0.15) is 0 Å². The third-order valence-corrected chi connectivity index (χ3v) is 10.0. The number of aromatic nitrogens is 1. The van der Waals surface area contributed by atoms with E-state index in [9.17, 15) is 0 Å². The van der Waals surface area contributed by atoms with Crippen molar-refractivity contribution in [2.45, 2.75) is 0 Å². The van der Waals surface area contributed by atoms with Gasteiger partial charge in [0, 0.05) is 55.0 Å². The third kappa shape index (κ3) is 4.70. The second-order valence-corrected chi connectivity index (χ2v) is 12.8. The summed E-state index contributed by atoms with van der Waals surface area (Å²) in [6.45, 7) is 0. The van der Waals surface area contributed by atoms with Gasteiger partial charge in [0.1, 0.15) is 0 Å². The Morgan fingerprint density at radius 2 is 1.00 bits per heavy atom. The second kappa shape index (κ2) is 11.0. The molecule has 0 saturated heterocycles. The standard InChI is InChI=1S/C43H28N2S/c1-2-6-29(7-3-1)31-12-16-37(17-13-31)45(38-18-14-32(15-19-38)34-11-10-30-8-4-5-9-33(30)24-34)39-20-21-42-41(27-39)40-25-36-28-44-23-22-35(36)26-43(40)46-42/h1-28H. The Kier molecular flexibility index (Phi) is 6.36. The molecular weight excluding hydrogens is 577 g/mol. The molecule has 0 radical (unpaired) electrons. The first-order valence-electron chi connectivity index (χ1n) is 15.5. The highest BCUT2D eigenvalue weighted by Gasteiger charge is 2.16. The molecular formula is C43H28N2S. The molecule has 9 aromatic rings. The topological polar surface area (TPSA) is 16.1 Å². The SMILES string of the molecule is c1ccc(-c2ccc(N(c3ccc(-c4ccc5ccccc5c4)cc3)c3ccc4sc5cc6ccncc6cc5c4c3)cc2)cc1. The minimum Gasteiger partial charge on any atom is -0.310 e. The van der Waals surface area contributed by atoms with E-state index in [4.69, 9.17) is 0 Å². The molecule has 216 valence electrons. The van der Waals surface area contributed by atoms with Gasteiger partial charge in [-0.3, -0.25) is 4.98 Å². The van der Waals surface area contributed by atoms with Crippen molar-refractivity contribution < 1.29 is 0 Å². The van der Waals surface area contributed by atoms with Gasteiger partial charge in [-0.05, 0) is 105 Å². The lowest BCUT2D eigenvalue weighted by molar-refractivity contribution is 1.29. The first-order chi connectivity index (χ1) is 22.8. The van der Waals surface area contributed by atoms with Gasteiger partial charge in [0.2, 0.25) is 0 Å². The van der Waals surface area contributed by atoms with Crippen LogP contribution in [0.25, 0.3) is 64.0 Å². The summed E-state index contributed by atoms with van der Waals surface area (Å²) >= 11 is 1.85. The van der Waals surface area contributed by atoms with Gasteiger partial charge in [-0.15, -0.1) is 11.3 Å². The Hall–Kier alpha value is -5.77. The minimum absolute atomic E-state index is 1.12. The fraction of sp³-hybridized carbons (Fsp3) is 0. The molecule has 0 aliphatic carbocycles.